The molecule has 2 fully saturated rings. The van der Waals surface area contributed by atoms with Gasteiger partial charge in [0.25, 0.3) is 0 Å². The third-order valence-electron chi connectivity index (χ3n) is 6.16. The number of carbonyl (C=O) groups excluding carboxylic acids is 1. The zero-order valence-corrected chi connectivity index (χ0v) is 16.3. The second kappa shape index (κ2) is 7.78. The van der Waals surface area contributed by atoms with Crippen LogP contribution in [0.5, 0.6) is 0 Å². The molecule has 4 rings (SSSR count). The lowest BCUT2D eigenvalue weighted by molar-refractivity contribution is -0.121. The van der Waals surface area contributed by atoms with E-state index in [0.29, 0.717) is 12.0 Å². The molecule has 0 radical (unpaired) electrons. The van der Waals surface area contributed by atoms with Gasteiger partial charge in [-0.25, -0.2) is 0 Å². The first-order valence-corrected chi connectivity index (χ1v) is 9.88. The molecule has 2 aromatic rings. The van der Waals surface area contributed by atoms with Crippen LogP contribution >= 0.6 is 0 Å². The second-order valence-electron chi connectivity index (χ2n) is 7.88. The van der Waals surface area contributed by atoms with Crippen LogP contribution in [0.4, 0.5) is 0 Å². The van der Waals surface area contributed by atoms with E-state index in [1.54, 1.807) is 0 Å². The molecule has 6 heteroatoms. The molecule has 2 aliphatic heterocycles. The van der Waals surface area contributed by atoms with E-state index in [1.165, 1.54) is 0 Å². The minimum absolute atomic E-state index is 0.0419. The monoisotopic (exact) mass is 378 g/mol. The van der Waals surface area contributed by atoms with Gasteiger partial charge >= 0.3 is 0 Å². The maximum atomic E-state index is 11.8. The highest BCUT2D eigenvalue weighted by Gasteiger charge is 2.40. The quantitative estimate of drug-likeness (QED) is 0.889. The third-order valence-corrected chi connectivity index (χ3v) is 6.16. The Morgan fingerprint density at radius 3 is 2.93 bits per heavy atom. The fourth-order valence-corrected chi connectivity index (χ4v) is 4.44. The van der Waals surface area contributed by atoms with E-state index in [1.807, 2.05) is 36.4 Å². The van der Waals surface area contributed by atoms with Crippen molar-refractivity contribution in [2.45, 2.75) is 31.3 Å². The molecule has 2 aliphatic rings. The molecule has 2 saturated heterocycles. The third kappa shape index (κ3) is 3.68. The topological polar surface area (TPSA) is 72.5 Å². The van der Waals surface area contributed by atoms with Crippen molar-refractivity contribution < 1.29 is 9.21 Å². The second-order valence-corrected chi connectivity index (χ2v) is 7.88. The van der Waals surface area contributed by atoms with Gasteiger partial charge in [-0.1, -0.05) is 12.1 Å². The molecule has 1 aromatic carbocycles. The number of likely N-dealkylation sites (N-methyl/N-ethyl adjacent to an activating group) is 1. The number of hydrogen-bond acceptors (Lipinski definition) is 5. The van der Waals surface area contributed by atoms with Gasteiger partial charge in [-0.3, -0.25) is 14.6 Å². The maximum Gasteiger partial charge on any atom is 0.220 e. The lowest BCUT2D eigenvalue weighted by Crippen LogP contribution is -2.60. The van der Waals surface area contributed by atoms with Crippen molar-refractivity contribution in [2.75, 3.05) is 33.2 Å². The Bertz CT molecular complexity index is 900. The zero-order valence-electron chi connectivity index (χ0n) is 16.3. The highest BCUT2D eigenvalue weighted by molar-refractivity contribution is 5.76. The maximum absolute atomic E-state index is 11.8. The first kappa shape index (κ1) is 18.7. The molecule has 0 saturated carbocycles. The lowest BCUT2D eigenvalue weighted by Gasteiger charge is -2.49. The Labute approximate surface area is 165 Å². The molecule has 0 unspecified atom stereocenters. The first-order chi connectivity index (χ1) is 13.6. The molecule has 1 amide bonds. The van der Waals surface area contributed by atoms with Gasteiger partial charge in [-0.15, -0.1) is 0 Å². The van der Waals surface area contributed by atoms with Crippen molar-refractivity contribution >= 4 is 5.91 Å². The minimum atomic E-state index is 0.0419. The number of piperazine rings is 1. The number of rotatable bonds is 3. The van der Waals surface area contributed by atoms with Crippen molar-refractivity contribution in [3.63, 3.8) is 0 Å². The summed E-state index contributed by atoms with van der Waals surface area (Å²) in [4.78, 5) is 16.7. The number of nitrogens with zero attached hydrogens (tertiary/aromatic N) is 3. The Morgan fingerprint density at radius 1 is 1.21 bits per heavy atom. The van der Waals surface area contributed by atoms with Crippen LogP contribution in [0, 0.1) is 11.3 Å². The smallest absolute Gasteiger partial charge is 0.220 e. The lowest BCUT2D eigenvalue weighted by atomic mass is 9.86. The standard InChI is InChI=1S/C22H26N4O2/c1-25-12-13-26(16-22(25)9-8-21(27)24-11-10-22)15-18-6-7-20(28-18)19-5-3-2-4-17(19)14-23/h2-7H,8-13,15-16H2,1H3,(H,24,27)/t22-/m1/s1. The van der Waals surface area contributed by atoms with Crippen molar-refractivity contribution in [3.8, 4) is 17.4 Å². The van der Waals surface area contributed by atoms with Gasteiger partial charge in [0.2, 0.25) is 5.91 Å². The normalized spacial score (nSPS) is 23.9. The summed E-state index contributed by atoms with van der Waals surface area (Å²) in [6.07, 6.45) is 2.46. The Balaban J connectivity index is 1.48. The fourth-order valence-electron chi connectivity index (χ4n) is 4.44. The molecule has 6 nitrogen and oxygen atoms in total. The van der Waals surface area contributed by atoms with E-state index < -0.39 is 0 Å². The molecule has 1 atom stereocenters. The summed E-state index contributed by atoms with van der Waals surface area (Å²) in [5.74, 6) is 1.81. The van der Waals surface area contributed by atoms with Crippen LogP contribution in [0.15, 0.2) is 40.8 Å². The van der Waals surface area contributed by atoms with Gasteiger partial charge < -0.3 is 9.73 Å². The van der Waals surface area contributed by atoms with E-state index in [4.69, 9.17) is 4.42 Å². The fraction of sp³-hybridized carbons (Fsp3) is 0.455. The molecule has 0 aliphatic carbocycles. The summed E-state index contributed by atoms with van der Waals surface area (Å²) in [7, 11) is 2.18. The highest BCUT2D eigenvalue weighted by atomic mass is 16.3. The number of nitrogens with one attached hydrogen (secondary N) is 1. The predicted molar refractivity (Wildman–Crippen MR) is 106 cm³/mol. The summed E-state index contributed by atoms with van der Waals surface area (Å²) in [6.45, 7) is 4.38. The molecular weight excluding hydrogens is 352 g/mol. The van der Waals surface area contributed by atoms with Gasteiger partial charge in [-0.05, 0) is 44.2 Å². The highest BCUT2D eigenvalue weighted by Crippen LogP contribution is 2.32. The molecule has 1 N–H and O–H groups in total. The Kier molecular flexibility index (Phi) is 5.21. The van der Waals surface area contributed by atoms with E-state index in [-0.39, 0.29) is 11.4 Å². The van der Waals surface area contributed by atoms with Crippen LogP contribution in [0.25, 0.3) is 11.3 Å². The van der Waals surface area contributed by atoms with Gasteiger partial charge in [0.15, 0.2) is 0 Å². The average Bonchev–Trinajstić information content (AvgIpc) is 3.09. The van der Waals surface area contributed by atoms with Crippen LogP contribution < -0.4 is 5.32 Å². The van der Waals surface area contributed by atoms with Gasteiger partial charge in [0.1, 0.15) is 11.5 Å². The summed E-state index contributed by atoms with van der Waals surface area (Å²) in [6, 6.07) is 13.7. The summed E-state index contributed by atoms with van der Waals surface area (Å²) in [5, 5.41) is 12.3. The number of carbonyl (C=O) groups is 1. The number of hydrogen-bond donors (Lipinski definition) is 1. The Morgan fingerprint density at radius 2 is 2.07 bits per heavy atom. The molecule has 1 spiro atoms. The molecule has 3 heterocycles. The summed E-state index contributed by atoms with van der Waals surface area (Å²) < 4.78 is 6.09. The predicted octanol–water partition coefficient (Wildman–Crippen LogP) is 2.60. The SMILES string of the molecule is CN1CCN(Cc2ccc(-c3ccccc3C#N)o2)C[C@@]12CCNC(=O)CC2. The van der Waals surface area contributed by atoms with Gasteiger partial charge in [0, 0.05) is 43.7 Å². The summed E-state index contributed by atoms with van der Waals surface area (Å²) in [5.41, 5.74) is 1.50. The Hall–Kier alpha value is -2.62. The van der Waals surface area contributed by atoms with Crippen molar-refractivity contribution in [2.24, 2.45) is 0 Å². The largest absolute Gasteiger partial charge is 0.460 e. The minimum Gasteiger partial charge on any atom is -0.460 e. The van der Waals surface area contributed by atoms with E-state index in [2.05, 4.69) is 28.2 Å². The number of benzene rings is 1. The molecule has 28 heavy (non-hydrogen) atoms. The van der Waals surface area contributed by atoms with E-state index in [0.717, 1.165) is 62.6 Å². The van der Waals surface area contributed by atoms with E-state index in [9.17, 15) is 10.1 Å². The van der Waals surface area contributed by atoms with Crippen LogP contribution in [0.2, 0.25) is 0 Å². The molecule has 146 valence electrons. The van der Waals surface area contributed by atoms with Gasteiger partial charge in [-0.2, -0.15) is 5.26 Å². The van der Waals surface area contributed by atoms with Crippen molar-refractivity contribution in [1.29, 1.82) is 5.26 Å². The van der Waals surface area contributed by atoms with Crippen LogP contribution in [-0.2, 0) is 11.3 Å². The average molecular weight is 378 g/mol. The van der Waals surface area contributed by atoms with E-state index >= 15 is 0 Å². The number of furan rings is 1. The number of nitriles is 1. The van der Waals surface area contributed by atoms with Crippen LogP contribution in [-0.4, -0.2) is 54.5 Å². The van der Waals surface area contributed by atoms with Crippen LogP contribution in [0.3, 0.4) is 0 Å². The zero-order chi connectivity index (χ0) is 19.6. The first-order valence-electron chi connectivity index (χ1n) is 9.88. The summed E-state index contributed by atoms with van der Waals surface area (Å²) >= 11 is 0. The van der Waals surface area contributed by atoms with Gasteiger partial charge in [0.05, 0.1) is 18.2 Å². The van der Waals surface area contributed by atoms with Crippen molar-refractivity contribution in [1.82, 2.24) is 15.1 Å². The molecule has 0 bridgehead atoms. The van der Waals surface area contributed by atoms with Crippen LogP contribution in [0.1, 0.15) is 30.6 Å². The number of amides is 1. The molecular formula is C22H26N4O2. The van der Waals surface area contributed by atoms with Crippen molar-refractivity contribution in [3.05, 3.63) is 47.7 Å². The molecule has 1 aromatic heterocycles.